The number of ether oxygens (including phenoxy) is 1. The molecule has 0 aliphatic carbocycles. The van der Waals surface area contributed by atoms with Crippen LogP contribution in [0.25, 0.3) is 10.4 Å². The molecule has 0 aliphatic rings. The Bertz CT molecular complexity index is 925. The summed E-state index contributed by atoms with van der Waals surface area (Å²) in [4.78, 5) is 24.0. The second-order valence-corrected chi connectivity index (χ2v) is 6.96. The highest BCUT2D eigenvalue weighted by molar-refractivity contribution is 7.17. The molecule has 0 unspecified atom stereocenters. The Morgan fingerprint density at radius 2 is 1.73 bits per heavy atom. The van der Waals surface area contributed by atoms with E-state index in [-0.39, 0.29) is 12.2 Å². The molecular weight excluding hydrogens is 348 g/mol. The van der Waals surface area contributed by atoms with Crippen LogP contribution in [0.15, 0.2) is 60.7 Å². The van der Waals surface area contributed by atoms with E-state index in [1.165, 1.54) is 11.3 Å². The average Bonchev–Trinajstić information content (AvgIpc) is 3.11. The number of Topliss-reactive ketones (excluding diaryl/α,β-unsaturated/α-hetero) is 1. The molecule has 1 heterocycles. The van der Waals surface area contributed by atoms with Gasteiger partial charge in [0.05, 0.1) is 11.3 Å². The summed E-state index contributed by atoms with van der Waals surface area (Å²) in [6, 6.07) is 18.8. The average molecular weight is 366 g/mol. The van der Waals surface area contributed by atoms with Crippen LogP contribution in [0.2, 0.25) is 0 Å². The first-order valence-corrected chi connectivity index (χ1v) is 8.97. The van der Waals surface area contributed by atoms with Gasteiger partial charge in [-0.15, -0.1) is 11.3 Å². The van der Waals surface area contributed by atoms with Gasteiger partial charge in [-0.1, -0.05) is 36.4 Å². The summed E-state index contributed by atoms with van der Waals surface area (Å²) in [7, 11) is 0. The Balaban J connectivity index is 1.74. The summed E-state index contributed by atoms with van der Waals surface area (Å²) in [6.07, 6.45) is -0.0000264. The third kappa shape index (κ3) is 4.37. The molecule has 0 saturated heterocycles. The van der Waals surface area contributed by atoms with E-state index in [2.05, 4.69) is 0 Å². The largest absolute Gasteiger partial charge is 0.489 e. The van der Waals surface area contributed by atoms with E-state index in [4.69, 9.17) is 9.84 Å². The van der Waals surface area contributed by atoms with Crippen molar-refractivity contribution in [1.29, 1.82) is 0 Å². The number of carboxylic acid groups (broad SMARTS) is 1. The van der Waals surface area contributed by atoms with Crippen molar-refractivity contribution in [3.8, 4) is 16.2 Å². The molecular formula is C21H18O4S. The van der Waals surface area contributed by atoms with Crippen molar-refractivity contribution < 1.29 is 19.4 Å². The lowest BCUT2D eigenvalue weighted by atomic mass is 10.1. The van der Waals surface area contributed by atoms with Crippen molar-refractivity contribution in [3.05, 3.63) is 76.7 Å². The van der Waals surface area contributed by atoms with Gasteiger partial charge in [-0.2, -0.15) is 0 Å². The van der Waals surface area contributed by atoms with Crippen LogP contribution in [0.1, 0.15) is 27.7 Å². The minimum atomic E-state index is -0.853. The fourth-order valence-corrected chi connectivity index (χ4v) is 3.56. The van der Waals surface area contributed by atoms with Crippen LogP contribution in [0.3, 0.4) is 0 Å². The fourth-order valence-electron chi connectivity index (χ4n) is 2.60. The summed E-state index contributed by atoms with van der Waals surface area (Å²) < 4.78 is 5.86. The van der Waals surface area contributed by atoms with Gasteiger partial charge < -0.3 is 9.84 Å². The lowest BCUT2D eigenvalue weighted by molar-refractivity contribution is -0.136. The van der Waals surface area contributed by atoms with Crippen LogP contribution >= 0.6 is 11.3 Å². The number of thiophene rings is 1. The third-order valence-electron chi connectivity index (χ3n) is 3.91. The van der Waals surface area contributed by atoms with E-state index in [0.717, 1.165) is 26.4 Å². The molecule has 0 fully saturated rings. The fraction of sp³-hybridized carbons (Fsp3) is 0.143. The van der Waals surface area contributed by atoms with Gasteiger partial charge in [-0.05, 0) is 47.9 Å². The molecule has 2 aromatic carbocycles. The number of rotatable bonds is 7. The van der Waals surface area contributed by atoms with Crippen LogP contribution in [-0.4, -0.2) is 16.9 Å². The molecule has 0 bridgehead atoms. The first-order valence-electron chi connectivity index (χ1n) is 8.15. The van der Waals surface area contributed by atoms with E-state index in [1.54, 1.807) is 31.2 Å². The van der Waals surface area contributed by atoms with Gasteiger partial charge in [0.15, 0.2) is 5.78 Å². The molecule has 1 N–H and O–H groups in total. The molecule has 132 valence electrons. The zero-order chi connectivity index (χ0) is 18.5. The Morgan fingerprint density at radius 3 is 2.38 bits per heavy atom. The molecule has 0 spiro atoms. The summed E-state index contributed by atoms with van der Waals surface area (Å²) in [5, 5.41) is 8.81. The van der Waals surface area contributed by atoms with Crippen LogP contribution in [-0.2, 0) is 17.8 Å². The number of carbonyl (C=O) groups is 2. The van der Waals surface area contributed by atoms with E-state index in [0.29, 0.717) is 12.4 Å². The van der Waals surface area contributed by atoms with E-state index >= 15 is 0 Å². The first-order chi connectivity index (χ1) is 12.5. The number of aliphatic carboxylic acids is 1. The lowest BCUT2D eigenvalue weighted by Crippen LogP contribution is -2.00. The monoisotopic (exact) mass is 366 g/mol. The Labute approximate surface area is 155 Å². The van der Waals surface area contributed by atoms with Crippen molar-refractivity contribution in [2.75, 3.05) is 0 Å². The normalized spacial score (nSPS) is 10.5. The van der Waals surface area contributed by atoms with E-state index < -0.39 is 5.97 Å². The first kappa shape index (κ1) is 17.9. The molecule has 3 rings (SSSR count). The standard InChI is InChI=1S/C21H18O4S/c1-14(22)19-10-11-20(26-19)18-5-3-2-4-16(18)13-25-17-8-6-15(7-9-17)12-21(23)24/h2-11H,12-13H2,1H3,(H,23,24). The Hall–Kier alpha value is -2.92. The van der Waals surface area contributed by atoms with Gasteiger partial charge in [-0.25, -0.2) is 0 Å². The lowest BCUT2D eigenvalue weighted by Gasteiger charge is -2.10. The topological polar surface area (TPSA) is 63.6 Å². The summed E-state index contributed by atoms with van der Waals surface area (Å²) in [6.45, 7) is 1.96. The summed E-state index contributed by atoms with van der Waals surface area (Å²) in [5.74, 6) is -0.102. The van der Waals surface area contributed by atoms with Gasteiger partial charge in [-0.3, -0.25) is 9.59 Å². The van der Waals surface area contributed by atoms with Gasteiger partial charge in [0.25, 0.3) is 0 Å². The molecule has 4 nitrogen and oxygen atoms in total. The SMILES string of the molecule is CC(=O)c1ccc(-c2ccccc2COc2ccc(CC(=O)O)cc2)s1. The van der Waals surface area contributed by atoms with Crippen molar-refractivity contribution >= 4 is 23.1 Å². The highest BCUT2D eigenvalue weighted by Gasteiger charge is 2.10. The number of carboxylic acids is 1. The highest BCUT2D eigenvalue weighted by Crippen LogP contribution is 2.31. The highest BCUT2D eigenvalue weighted by atomic mass is 32.1. The predicted molar refractivity (Wildman–Crippen MR) is 102 cm³/mol. The number of ketones is 1. The van der Waals surface area contributed by atoms with Gasteiger partial charge in [0.2, 0.25) is 0 Å². The van der Waals surface area contributed by atoms with Gasteiger partial charge >= 0.3 is 5.97 Å². The second-order valence-electron chi connectivity index (χ2n) is 5.88. The third-order valence-corrected chi connectivity index (χ3v) is 5.13. The van der Waals surface area contributed by atoms with Gasteiger partial charge in [0.1, 0.15) is 12.4 Å². The molecule has 1 aromatic heterocycles. The van der Waals surface area contributed by atoms with Crippen molar-refractivity contribution in [1.82, 2.24) is 0 Å². The number of hydrogen-bond acceptors (Lipinski definition) is 4. The minimum absolute atomic E-state index is 0.0000264. The summed E-state index contributed by atoms with van der Waals surface area (Å²) in [5.41, 5.74) is 2.81. The van der Waals surface area contributed by atoms with Crippen LogP contribution in [0.5, 0.6) is 5.75 Å². The Kier molecular flexibility index (Phi) is 5.49. The maximum absolute atomic E-state index is 11.5. The summed E-state index contributed by atoms with van der Waals surface area (Å²) >= 11 is 1.48. The van der Waals surface area contributed by atoms with E-state index in [9.17, 15) is 9.59 Å². The second kappa shape index (κ2) is 7.97. The van der Waals surface area contributed by atoms with Crippen molar-refractivity contribution in [2.45, 2.75) is 20.0 Å². The van der Waals surface area contributed by atoms with Gasteiger partial charge in [0, 0.05) is 4.88 Å². The van der Waals surface area contributed by atoms with Crippen molar-refractivity contribution in [2.24, 2.45) is 0 Å². The molecule has 0 amide bonds. The molecule has 0 atom stereocenters. The Morgan fingerprint density at radius 1 is 1.00 bits per heavy atom. The van der Waals surface area contributed by atoms with E-state index in [1.807, 2.05) is 36.4 Å². The number of carbonyl (C=O) groups excluding carboxylic acids is 1. The zero-order valence-electron chi connectivity index (χ0n) is 14.3. The van der Waals surface area contributed by atoms with Crippen molar-refractivity contribution in [3.63, 3.8) is 0 Å². The zero-order valence-corrected chi connectivity index (χ0v) is 15.1. The molecule has 3 aromatic rings. The smallest absolute Gasteiger partial charge is 0.307 e. The van der Waals surface area contributed by atoms with Crippen LogP contribution in [0.4, 0.5) is 0 Å². The maximum Gasteiger partial charge on any atom is 0.307 e. The molecule has 0 radical (unpaired) electrons. The minimum Gasteiger partial charge on any atom is -0.489 e. The quantitative estimate of drug-likeness (QED) is 0.609. The maximum atomic E-state index is 11.5. The van der Waals surface area contributed by atoms with Crippen LogP contribution < -0.4 is 4.74 Å². The molecule has 0 saturated carbocycles. The molecule has 5 heteroatoms. The van der Waals surface area contributed by atoms with Crippen LogP contribution in [0, 0.1) is 0 Å². The number of hydrogen-bond donors (Lipinski definition) is 1. The predicted octanol–water partition coefficient (Wildman–Crippen LogP) is 4.82. The molecule has 0 aliphatic heterocycles. The molecule has 26 heavy (non-hydrogen) atoms. The number of benzene rings is 2.